The van der Waals surface area contributed by atoms with Crippen LogP contribution in [0, 0.1) is 28.6 Å². The molecule has 18 heteroatoms. The molecule has 0 aromatic heterocycles. The number of carbonyl (C=O) groups excluding carboxylic acids is 5. The average molecular weight is 863 g/mol. The summed E-state index contributed by atoms with van der Waals surface area (Å²) in [5.41, 5.74) is -8.03. The van der Waals surface area contributed by atoms with Gasteiger partial charge in [-0.15, -0.1) is 0 Å². The molecule has 12 nitrogen and oxygen atoms in total. The topological polar surface area (TPSA) is 172 Å². The molecule has 2 N–H and O–H groups in total. The van der Waals surface area contributed by atoms with Crippen molar-refractivity contribution in [1.29, 1.82) is 0 Å². The lowest BCUT2D eigenvalue weighted by molar-refractivity contribution is -0.339. The first kappa shape index (κ1) is 42.3. The maximum absolute atomic E-state index is 15.7. The quantitative estimate of drug-likeness (QED) is 0.118. The Morgan fingerprint density at radius 2 is 1.51 bits per heavy atom. The molecule has 0 amide bonds. The molecule has 0 unspecified atom stereocenters. The minimum Gasteiger partial charge on any atom is -0.461 e. The number of hydrogen-bond acceptors (Lipinski definition) is 12. The Labute approximate surface area is 335 Å². The molecule has 3 aliphatic carbocycles. The second-order valence-electron chi connectivity index (χ2n) is 14.7. The number of aliphatic hydroxyl groups excluding tert-OH is 1. The molecule has 1 aliphatic heterocycles. The highest BCUT2D eigenvalue weighted by Crippen LogP contribution is 2.66. The number of fused-ring (bicyclic) bond motifs is 5. The van der Waals surface area contributed by atoms with Crippen molar-refractivity contribution in [3.8, 4) is 0 Å². The van der Waals surface area contributed by atoms with Gasteiger partial charge < -0.3 is 33.9 Å². The Morgan fingerprint density at radius 3 is 2.02 bits per heavy atom. The first-order chi connectivity index (χ1) is 24.3. The highest BCUT2D eigenvalue weighted by Gasteiger charge is 2.79. The van der Waals surface area contributed by atoms with Gasteiger partial charge in [-0.2, -0.15) is 0 Å². The molecule has 1 heterocycles. The summed E-state index contributed by atoms with van der Waals surface area (Å²) in [7, 11) is 0. The second kappa shape index (κ2) is 14.6. The number of rotatable bonds is 7. The van der Waals surface area contributed by atoms with Crippen molar-refractivity contribution in [1.82, 2.24) is 0 Å². The van der Waals surface area contributed by atoms with E-state index in [-0.39, 0.29) is 29.7 Å². The molecule has 0 radical (unpaired) electrons. The van der Waals surface area contributed by atoms with Crippen molar-refractivity contribution in [2.45, 2.75) is 84.6 Å². The number of aliphatic hydroxyl groups is 2. The van der Waals surface area contributed by atoms with E-state index in [0.29, 0.717) is 0 Å². The van der Waals surface area contributed by atoms with E-state index in [4.69, 9.17) is 93.3 Å². The molecule has 292 valence electrons. The number of ether oxygens (including phenoxy) is 5. The lowest BCUT2D eigenvalue weighted by atomic mass is 9.42. The third-order valence-corrected chi connectivity index (χ3v) is 11.9. The van der Waals surface area contributed by atoms with E-state index in [1.165, 1.54) is 39.8 Å². The summed E-state index contributed by atoms with van der Waals surface area (Å²) >= 11 is 35.5. The summed E-state index contributed by atoms with van der Waals surface area (Å²) in [6.07, 6.45) is -5.31. The van der Waals surface area contributed by atoms with Crippen LogP contribution in [0.25, 0.3) is 0 Å². The number of carbonyl (C=O) groups is 5. The standard InChI is InChI=1S/C35H38Cl6O12/c1-16-20(43)12-33(48)26(52-27(45)18-9-7-6-8-10-18)24-31(5,25(44)22(23(16)30(33,3)4)29(47)51-15-35(39,40)41)19(28(46)50-14-34(36,37)38)11-21-32(24,13-49-21)53-17(2)42/h6-10,19-22,24,26,43,48H,11-15H2,1-5H3/t19-,20+,21-,22-,24+,26+,31-,32+,33-/m1/s1. The zero-order valence-corrected chi connectivity index (χ0v) is 33.7. The number of halogens is 6. The summed E-state index contributed by atoms with van der Waals surface area (Å²) in [4.78, 5) is 71.2. The smallest absolute Gasteiger partial charge is 0.338 e. The minimum absolute atomic E-state index is 0.0536. The SMILES string of the molecule is CC(=O)O[C@@]12CO[C@@H]1C[C@H](C(=O)OCC(Cl)(Cl)Cl)[C@@]1(C)C(=O)[C@H](C(=O)OCC(Cl)(Cl)Cl)C3=C(C)[C@@H](O)C[C@@](O)([C@@H](OC(=O)c4ccccc4)[C@H]21)C3(C)C. The van der Waals surface area contributed by atoms with E-state index < -0.39 is 115 Å². The normalized spacial score (nSPS) is 35.0. The molecule has 9 atom stereocenters. The molecular formula is C35H38Cl6O12. The van der Waals surface area contributed by atoms with Gasteiger partial charge in [0.15, 0.2) is 11.4 Å². The van der Waals surface area contributed by atoms with Gasteiger partial charge in [-0.1, -0.05) is 109 Å². The average Bonchev–Trinajstić information content (AvgIpc) is 3.04. The molecule has 4 aliphatic rings. The highest BCUT2D eigenvalue weighted by molar-refractivity contribution is 6.68. The van der Waals surface area contributed by atoms with Crippen LogP contribution in [0.4, 0.5) is 0 Å². The summed E-state index contributed by atoms with van der Waals surface area (Å²) in [5, 5.41) is 24.8. The largest absolute Gasteiger partial charge is 0.461 e. The van der Waals surface area contributed by atoms with Crippen molar-refractivity contribution < 1.29 is 57.9 Å². The molecule has 1 saturated heterocycles. The molecule has 53 heavy (non-hydrogen) atoms. The van der Waals surface area contributed by atoms with Crippen molar-refractivity contribution >= 4 is 99.3 Å². The highest BCUT2D eigenvalue weighted by atomic mass is 35.6. The maximum Gasteiger partial charge on any atom is 0.338 e. The summed E-state index contributed by atoms with van der Waals surface area (Å²) < 4.78 is 24.9. The van der Waals surface area contributed by atoms with Crippen LogP contribution in [-0.2, 0) is 42.9 Å². The number of hydrogen-bond donors (Lipinski definition) is 2. The van der Waals surface area contributed by atoms with Crippen molar-refractivity contribution in [3.63, 3.8) is 0 Å². The number of benzene rings is 1. The van der Waals surface area contributed by atoms with Crippen LogP contribution in [0.5, 0.6) is 0 Å². The molecule has 1 aromatic rings. The fourth-order valence-electron chi connectivity index (χ4n) is 8.79. The lowest BCUT2D eigenvalue weighted by Gasteiger charge is -2.67. The Kier molecular flexibility index (Phi) is 11.6. The lowest BCUT2D eigenvalue weighted by Crippen LogP contribution is -2.81. The predicted molar refractivity (Wildman–Crippen MR) is 193 cm³/mol. The van der Waals surface area contributed by atoms with Gasteiger partial charge in [0, 0.05) is 18.8 Å². The minimum atomic E-state index is -2.36. The first-order valence-electron chi connectivity index (χ1n) is 16.5. The number of esters is 4. The molecule has 1 aromatic carbocycles. The fourth-order valence-corrected chi connectivity index (χ4v) is 9.12. The van der Waals surface area contributed by atoms with Gasteiger partial charge >= 0.3 is 23.9 Å². The molecular weight excluding hydrogens is 825 g/mol. The van der Waals surface area contributed by atoms with Crippen LogP contribution in [0.1, 0.15) is 57.8 Å². The van der Waals surface area contributed by atoms with E-state index >= 15 is 4.79 Å². The molecule has 5 rings (SSSR count). The Balaban J connectivity index is 1.86. The molecule has 0 spiro atoms. The summed E-state index contributed by atoms with van der Waals surface area (Å²) in [6.45, 7) is 5.00. The van der Waals surface area contributed by atoms with E-state index in [2.05, 4.69) is 0 Å². The van der Waals surface area contributed by atoms with Gasteiger partial charge in [0.1, 0.15) is 36.9 Å². The van der Waals surface area contributed by atoms with Crippen LogP contribution in [0.3, 0.4) is 0 Å². The van der Waals surface area contributed by atoms with Gasteiger partial charge in [-0.25, -0.2) is 4.79 Å². The van der Waals surface area contributed by atoms with Gasteiger partial charge in [-0.3, -0.25) is 19.2 Å². The second-order valence-corrected chi connectivity index (χ2v) is 19.7. The van der Waals surface area contributed by atoms with E-state index in [1.54, 1.807) is 18.2 Å². The van der Waals surface area contributed by atoms with Gasteiger partial charge in [0.25, 0.3) is 0 Å². The zero-order valence-electron chi connectivity index (χ0n) is 29.1. The molecule has 2 bridgehead atoms. The maximum atomic E-state index is 15.7. The Morgan fingerprint density at radius 1 is 0.943 bits per heavy atom. The summed E-state index contributed by atoms with van der Waals surface area (Å²) in [6, 6.07) is 7.74. The molecule has 3 fully saturated rings. The third-order valence-electron chi connectivity index (χ3n) is 11.3. The number of alkyl halides is 6. The van der Waals surface area contributed by atoms with Crippen LogP contribution < -0.4 is 0 Å². The van der Waals surface area contributed by atoms with Crippen LogP contribution in [0.2, 0.25) is 0 Å². The van der Waals surface area contributed by atoms with Crippen molar-refractivity contribution in [2.24, 2.45) is 28.6 Å². The zero-order chi connectivity index (χ0) is 39.7. The van der Waals surface area contributed by atoms with E-state index in [0.717, 1.165) is 6.92 Å². The third kappa shape index (κ3) is 7.42. The number of ketones is 1. The van der Waals surface area contributed by atoms with Crippen LogP contribution >= 0.6 is 69.6 Å². The van der Waals surface area contributed by atoms with E-state index in [1.807, 2.05) is 0 Å². The Bertz CT molecular complexity index is 1710. The van der Waals surface area contributed by atoms with Gasteiger partial charge in [0.05, 0.1) is 35.5 Å². The predicted octanol–water partition coefficient (Wildman–Crippen LogP) is 5.42. The Hall–Kier alpha value is -1.87. The van der Waals surface area contributed by atoms with Gasteiger partial charge in [-0.05, 0) is 36.6 Å². The summed E-state index contributed by atoms with van der Waals surface area (Å²) in [5.74, 6) is -10.3. The van der Waals surface area contributed by atoms with Crippen molar-refractivity contribution in [3.05, 3.63) is 47.0 Å². The fraction of sp³-hybridized carbons (Fsp3) is 0.629. The molecule has 2 saturated carbocycles. The van der Waals surface area contributed by atoms with Gasteiger partial charge in [0.2, 0.25) is 7.59 Å². The monoisotopic (exact) mass is 860 g/mol. The number of Topliss-reactive ketones (excluding diaryl/α,β-unsaturated/α-hetero) is 1. The van der Waals surface area contributed by atoms with Crippen LogP contribution in [-0.4, -0.2) is 96.8 Å². The first-order valence-corrected chi connectivity index (χ1v) is 18.8. The van der Waals surface area contributed by atoms with Crippen molar-refractivity contribution in [2.75, 3.05) is 19.8 Å². The van der Waals surface area contributed by atoms with Crippen LogP contribution in [0.15, 0.2) is 41.5 Å². The van der Waals surface area contributed by atoms with E-state index in [9.17, 15) is 29.4 Å².